The third kappa shape index (κ3) is 4.97. The van der Waals surface area contributed by atoms with Crippen molar-refractivity contribution in [3.63, 3.8) is 0 Å². The number of oxime groups is 1. The van der Waals surface area contributed by atoms with E-state index in [1.165, 1.54) is 37.6 Å². The van der Waals surface area contributed by atoms with Gasteiger partial charge in [-0.3, -0.25) is 0 Å². The molecule has 0 N–H and O–H groups in total. The zero-order chi connectivity index (χ0) is 14.3. The summed E-state index contributed by atoms with van der Waals surface area (Å²) in [5, 5.41) is 6.77. The smallest absolute Gasteiger partial charge is 0.437 e. The Balaban J connectivity index is 2.90. The molecule has 0 aromatic heterocycles. The largest absolute Gasteiger partial charge is 0.497 e. The van der Waals surface area contributed by atoms with Crippen molar-refractivity contribution in [3.8, 4) is 5.75 Å². The fraction of sp³-hybridized carbons (Fsp3) is 0.300. The second-order valence-corrected chi connectivity index (χ2v) is 3.51. The maximum absolute atomic E-state index is 12.8. The summed E-state index contributed by atoms with van der Waals surface area (Å²) in [6.45, 7) is 0. The van der Waals surface area contributed by atoms with E-state index in [0.29, 0.717) is 5.75 Å². The number of halogens is 3. The molecule has 9 heteroatoms. The van der Waals surface area contributed by atoms with Crippen molar-refractivity contribution < 1.29 is 32.3 Å². The van der Waals surface area contributed by atoms with Gasteiger partial charge in [0, 0.05) is 28.9 Å². The van der Waals surface area contributed by atoms with Crippen molar-refractivity contribution in [1.29, 1.82) is 0 Å². The van der Waals surface area contributed by atoms with Crippen LogP contribution in [0.2, 0.25) is 0 Å². The van der Waals surface area contributed by atoms with Gasteiger partial charge in [0.05, 0.1) is 7.11 Å². The Morgan fingerprint density at radius 3 is 2.32 bits per heavy atom. The first kappa shape index (κ1) is 15.6. The normalized spacial score (nSPS) is 12.4. The van der Waals surface area contributed by atoms with Crippen molar-refractivity contribution in [2.75, 3.05) is 13.4 Å². The van der Waals surface area contributed by atoms with E-state index in [0.717, 1.165) is 12.0 Å². The molecule has 19 heavy (non-hydrogen) atoms. The van der Waals surface area contributed by atoms with Gasteiger partial charge in [-0.05, 0) is 29.4 Å². The van der Waals surface area contributed by atoms with Crippen molar-refractivity contribution in [2.24, 2.45) is 5.16 Å². The third-order valence-corrected chi connectivity index (χ3v) is 2.08. The molecule has 0 spiro atoms. The molecule has 1 aromatic rings. The van der Waals surface area contributed by atoms with E-state index in [1.807, 2.05) is 0 Å². The quantitative estimate of drug-likeness (QED) is 0.265. The zero-order valence-corrected chi connectivity index (χ0v) is 10.7. The highest BCUT2D eigenvalue weighted by Crippen LogP contribution is 2.24. The van der Waals surface area contributed by atoms with Crippen LogP contribution < -0.4 is 4.74 Å². The van der Waals surface area contributed by atoms with E-state index in [1.54, 1.807) is 0 Å². The number of nitrogens with zero attached hydrogens (tertiary/aromatic N) is 1. The highest BCUT2D eigenvalue weighted by Gasteiger charge is 2.38. The maximum Gasteiger partial charge on any atom is 0.437 e. The summed E-state index contributed by atoms with van der Waals surface area (Å²) in [4.78, 5) is 3.97. The van der Waals surface area contributed by atoms with E-state index in [4.69, 9.17) is 4.74 Å². The van der Waals surface area contributed by atoms with Gasteiger partial charge in [-0.2, -0.15) is 18.2 Å². The molecule has 0 aliphatic carbocycles. The molecule has 0 unspecified atom stereocenters. The number of hydrogen-bond acceptors (Lipinski definition) is 6. The second kappa shape index (κ2) is 7.22. The first-order valence-corrected chi connectivity index (χ1v) is 5.96. The van der Waals surface area contributed by atoms with Gasteiger partial charge in [0.15, 0.2) is 5.71 Å². The monoisotopic (exact) mass is 297 g/mol. The van der Waals surface area contributed by atoms with Gasteiger partial charge in [-0.15, -0.1) is 4.33 Å². The van der Waals surface area contributed by atoms with Gasteiger partial charge in [0.1, 0.15) is 5.75 Å². The van der Waals surface area contributed by atoms with Crippen LogP contribution in [0.3, 0.4) is 0 Å². The van der Waals surface area contributed by atoms with Gasteiger partial charge in [0.2, 0.25) is 0 Å². The molecule has 106 valence electrons. The molecule has 1 rings (SSSR count). The van der Waals surface area contributed by atoms with Gasteiger partial charge in [-0.25, -0.2) is 0 Å². The minimum atomic E-state index is -4.70. The lowest BCUT2D eigenvalue weighted by Crippen LogP contribution is -2.24. The fourth-order valence-corrected chi connectivity index (χ4v) is 1.19. The molecule has 0 aliphatic heterocycles. The summed E-state index contributed by atoms with van der Waals surface area (Å²) < 4.78 is 47.3. The Hall–Kier alpha value is -1.45. The van der Waals surface area contributed by atoms with Crippen molar-refractivity contribution in [1.82, 2.24) is 0 Å². The summed E-state index contributed by atoms with van der Waals surface area (Å²) in [5.41, 5.74) is -1.44. The number of rotatable bonds is 6. The van der Waals surface area contributed by atoms with Crippen LogP contribution in [0.5, 0.6) is 5.75 Å². The molecule has 0 heterocycles. The molecule has 0 aliphatic rings. The third-order valence-electron chi connectivity index (χ3n) is 1.89. The fourth-order valence-electron chi connectivity index (χ4n) is 1.11. The van der Waals surface area contributed by atoms with Crippen LogP contribution in [0.1, 0.15) is 5.56 Å². The summed E-state index contributed by atoms with van der Waals surface area (Å²) in [5.74, 6) is 0.424. The lowest BCUT2D eigenvalue weighted by Gasteiger charge is -2.09. The van der Waals surface area contributed by atoms with Crippen LogP contribution in [0.15, 0.2) is 29.4 Å². The van der Waals surface area contributed by atoms with E-state index in [-0.39, 0.29) is 5.56 Å². The predicted molar refractivity (Wildman–Crippen MR) is 62.4 cm³/mol. The molecular formula is C10H10F3NO4S. The number of alkyl halides is 3. The highest BCUT2D eigenvalue weighted by molar-refractivity contribution is 7.93. The molecule has 0 saturated heterocycles. The Morgan fingerprint density at radius 1 is 1.21 bits per heavy atom. The first-order chi connectivity index (χ1) is 8.99. The number of ether oxygens (including phenoxy) is 1. The van der Waals surface area contributed by atoms with Gasteiger partial charge in [0.25, 0.3) is 0 Å². The lowest BCUT2D eigenvalue weighted by molar-refractivity contribution is -0.462. The topological polar surface area (TPSA) is 49.3 Å². The Labute approximate surface area is 111 Å². The number of benzene rings is 1. The molecule has 1 aromatic carbocycles. The van der Waals surface area contributed by atoms with Crippen LogP contribution in [0.4, 0.5) is 13.2 Å². The molecule has 5 nitrogen and oxygen atoms in total. The molecule has 0 saturated carbocycles. The van der Waals surface area contributed by atoms with Gasteiger partial charge >= 0.3 is 6.18 Å². The number of hydrogen-bond donors (Lipinski definition) is 0. The first-order valence-electron chi connectivity index (χ1n) is 4.82. The minimum absolute atomic E-state index is 0.193. The van der Waals surface area contributed by atoms with Crippen LogP contribution in [0, 0.1) is 0 Å². The minimum Gasteiger partial charge on any atom is -0.497 e. The standard InChI is InChI=1S/C10H10F3NO4S/c1-15-8-5-3-7(4-6-8)9(10(11,12)13)14-16-17-18-19-2/h3-6H,1-2H3/b14-9+. The Bertz CT molecular complexity index is 422. The average Bonchev–Trinajstić information content (AvgIpc) is 2.37. The SMILES string of the molecule is COc1ccc(/C(=N\OOOSC)C(F)(F)F)cc1. The van der Waals surface area contributed by atoms with E-state index >= 15 is 0 Å². The van der Waals surface area contributed by atoms with Crippen LogP contribution in [-0.2, 0) is 14.4 Å². The van der Waals surface area contributed by atoms with Gasteiger partial charge < -0.3 is 4.74 Å². The van der Waals surface area contributed by atoms with Crippen molar-refractivity contribution in [3.05, 3.63) is 29.8 Å². The molecule has 0 bridgehead atoms. The maximum atomic E-state index is 12.8. The molecular weight excluding hydrogens is 287 g/mol. The highest BCUT2D eigenvalue weighted by atomic mass is 32.2. The predicted octanol–water partition coefficient (Wildman–Crippen LogP) is 3.12. The van der Waals surface area contributed by atoms with Crippen LogP contribution in [-0.4, -0.2) is 25.3 Å². The van der Waals surface area contributed by atoms with Gasteiger partial charge in [-0.1, -0.05) is 0 Å². The van der Waals surface area contributed by atoms with Crippen LogP contribution in [0.25, 0.3) is 0 Å². The summed E-state index contributed by atoms with van der Waals surface area (Å²) >= 11 is 0.747. The molecule has 0 atom stereocenters. The summed E-state index contributed by atoms with van der Waals surface area (Å²) in [6.07, 6.45) is -3.21. The Kier molecular flexibility index (Phi) is 5.93. The molecule has 0 radical (unpaired) electrons. The van der Waals surface area contributed by atoms with E-state index in [2.05, 4.69) is 19.5 Å². The summed E-state index contributed by atoms with van der Waals surface area (Å²) in [7, 11) is 1.41. The Morgan fingerprint density at radius 2 is 1.84 bits per heavy atom. The summed E-state index contributed by atoms with van der Waals surface area (Å²) in [6, 6.07) is 5.14. The van der Waals surface area contributed by atoms with Crippen LogP contribution >= 0.6 is 12.0 Å². The zero-order valence-electron chi connectivity index (χ0n) is 9.93. The van der Waals surface area contributed by atoms with E-state index in [9.17, 15) is 13.2 Å². The lowest BCUT2D eigenvalue weighted by atomic mass is 10.1. The average molecular weight is 297 g/mol. The second-order valence-electron chi connectivity index (χ2n) is 3.04. The molecule has 0 amide bonds. The van der Waals surface area contributed by atoms with Crippen molar-refractivity contribution >= 4 is 17.8 Å². The van der Waals surface area contributed by atoms with E-state index < -0.39 is 11.9 Å². The molecule has 0 fully saturated rings. The van der Waals surface area contributed by atoms with Crippen molar-refractivity contribution in [2.45, 2.75) is 6.18 Å². The number of methoxy groups -OCH3 is 1.